The molecular formula is C18H29N3O5S. The van der Waals surface area contributed by atoms with E-state index in [4.69, 9.17) is 9.88 Å². The number of alkyl carbamates (subject to hydrolysis) is 1. The molecule has 1 aromatic rings. The van der Waals surface area contributed by atoms with E-state index in [1.165, 1.54) is 12.1 Å². The predicted octanol–water partition coefficient (Wildman–Crippen LogP) is 1.54. The van der Waals surface area contributed by atoms with Crippen LogP contribution in [0.15, 0.2) is 29.2 Å². The van der Waals surface area contributed by atoms with Crippen molar-refractivity contribution >= 4 is 22.0 Å². The zero-order chi connectivity index (χ0) is 20.8. The summed E-state index contributed by atoms with van der Waals surface area (Å²) in [6.45, 7) is 9.24. The Labute approximate surface area is 160 Å². The zero-order valence-electron chi connectivity index (χ0n) is 16.4. The van der Waals surface area contributed by atoms with E-state index in [1.807, 2.05) is 13.8 Å². The van der Waals surface area contributed by atoms with Gasteiger partial charge < -0.3 is 15.4 Å². The molecular weight excluding hydrogens is 370 g/mol. The summed E-state index contributed by atoms with van der Waals surface area (Å²) in [5.41, 5.74) is 0.203. The van der Waals surface area contributed by atoms with E-state index >= 15 is 0 Å². The van der Waals surface area contributed by atoms with Crippen LogP contribution in [0.1, 0.15) is 40.2 Å². The molecule has 0 aliphatic rings. The van der Waals surface area contributed by atoms with Crippen LogP contribution in [0.3, 0.4) is 0 Å². The fourth-order valence-electron chi connectivity index (χ4n) is 2.26. The molecule has 0 heterocycles. The molecule has 1 aromatic carbocycles. The van der Waals surface area contributed by atoms with Crippen molar-refractivity contribution in [3.8, 4) is 0 Å². The van der Waals surface area contributed by atoms with Gasteiger partial charge in [-0.1, -0.05) is 26.0 Å². The number of hydrogen-bond acceptors (Lipinski definition) is 5. The molecule has 8 nitrogen and oxygen atoms in total. The number of benzene rings is 1. The van der Waals surface area contributed by atoms with Crippen LogP contribution in [0.25, 0.3) is 0 Å². The molecule has 9 heteroatoms. The normalized spacial score (nSPS) is 13.1. The Bertz CT molecular complexity index is 752. The Hall–Kier alpha value is -2.13. The minimum absolute atomic E-state index is 0.0386. The highest BCUT2D eigenvalue weighted by Crippen LogP contribution is 2.10. The van der Waals surface area contributed by atoms with E-state index < -0.39 is 27.8 Å². The van der Waals surface area contributed by atoms with Crippen LogP contribution < -0.4 is 15.8 Å². The van der Waals surface area contributed by atoms with Gasteiger partial charge in [-0.05, 0) is 50.8 Å². The summed E-state index contributed by atoms with van der Waals surface area (Å²) in [6, 6.07) is 5.42. The smallest absolute Gasteiger partial charge is 0.408 e. The number of carbonyl (C=O) groups is 2. The molecule has 0 spiro atoms. The first-order valence-corrected chi connectivity index (χ1v) is 10.2. The van der Waals surface area contributed by atoms with Crippen LogP contribution >= 0.6 is 0 Å². The number of nitrogens with two attached hydrogens (primary N) is 1. The first-order chi connectivity index (χ1) is 12.3. The van der Waals surface area contributed by atoms with Gasteiger partial charge in [0.05, 0.1) is 4.90 Å². The van der Waals surface area contributed by atoms with Crippen molar-refractivity contribution in [3.63, 3.8) is 0 Å². The van der Waals surface area contributed by atoms with Crippen molar-refractivity contribution in [2.75, 3.05) is 6.54 Å². The van der Waals surface area contributed by atoms with Gasteiger partial charge in [0.1, 0.15) is 11.6 Å². The lowest BCUT2D eigenvalue weighted by atomic mass is 10.0. The number of nitrogens with one attached hydrogen (secondary N) is 2. The molecule has 1 atom stereocenters. The predicted molar refractivity (Wildman–Crippen MR) is 103 cm³/mol. The standard InChI is InChI=1S/C18H29N3O5S/c1-12(2)15(21-17(23)26-18(3,4)5)16(22)20-11-10-13-6-8-14(9-7-13)27(19,24)25/h6-9,12,15H,10-11H2,1-5H3,(H,20,22)(H,21,23)(H2,19,24,25)/t15-/m1/s1. The maximum Gasteiger partial charge on any atom is 0.408 e. The molecule has 0 saturated heterocycles. The second-order valence-corrected chi connectivity index (χ2v) is 9.16. The number of rotatable bonds is 7. The molecule has 152 valence electrons. The summed E-state index contributed by atoms with van der Waals surface area (Å²) in [4.78, 5) is 24.3. The van der Waals surface area contributed by atoms with Crippen LogP contribution in [0, 0.1) is 5.92 Å². The summed E-state index contributed by atoms with van der Waals surface area (Å²) < 4.78 is 27.7. The zero-order valence-corrected chi connectivity index (χ0v) is 17.2. The highest BCUT2D eigenvalue weighted by Gasteiger charge is 2.26. The third-order valence-corrected chi connectivity index (χ3v) is 4.52. The first kappa shape index (κ1) is 22.9. The molecule has 0 aliphatic carbocycles. The maximum atomic E-state index is 12.4. The quantitative estimate of drug-likeness (QED) is 0.641. The lowest BCUT2D eigenvalue weighted by Crippen LogP contribution is -2.51. The summed E-state index contributed by atoms with van der Waals surface area (Å²) in [7, 11) is -3.72. The molecule has 0 unspecified atom stereocenters. The monoisotopic (exact) mass is 399 g/mol. The molecule has 0 aromatic heterocycles. The Balaban J connectivity index is 2.58. The number of ether oxygens (including phenoxy) is 1. The number of primary sulfonamides is 1. The molecule has 2 amide bonds. The van der Waals surface area contributed by atoms with Gasteiger partial charge in [-0.3, -0.25) is 4.79 Å². The Morgan fingerprint density at radius 3 is 2.15 bits per heavy atom. The van der Waals surface area contributed by atoms with Crippen LogP contribution in [-0.4, -0.2) is 38.6 Å². The topological polar surface area (TPSA) is 128 Å². The van der Waals surface area contributed by atoms with Crippen molar-refractivity contribution in [3.05, 3.63) is 29.8 Å². The fraction of sp³-hybridized carbons (Fsp3) is 0.556. The van der Waals surface area contributed by atoms with Gasteiger partial charge in [-0.15, -0.1) is 0 Å². The Kier molecular flexibility index (Phi) is 7.79. The summed E-state index contributed by atoms with van der Waals surface area (Å²) in [5, 5.41) is 10.4. The van der Waals surface area contributed by atoms with Gasteiger partial charge >= 0.3 is 6.09 Å². The SMILES string of the molecule is CC(C)[C@@H](NC(=O)OC(C)(C)C)C(=O)NCCc1ccc(S(N)(=O)=O)cc1. The lowest BCUT2D eigenvalue weighted by molar-refractivity contribution is -0.124. The van der Waals surface area contributed by atoms with Gasteiger partial charge in [0.2, 0.25) is 15.9 Å². The molecule has 0 fully saturated rings. The number of carbonyl (C=O) groups excluding carboxylic acids is 2. The van der Waals surface area contributed by atoms with Crippen molar-refractivity contribution in [2.24, 2.45) is 11.1 Å². The van der Waals surface area contributed by atoms with Crippen LogP contribution in [0.2, 0.25) is 0 Å². The van der Waals surface area contributed by atoms with E-state index in [0.717, 1.165) is 5.56 Å². The summed E-state index contributed by atoms with van der Waals surface area (Å²) in [5.74, 6) is -0.427. The molecule has 4 N–H and O–H groups in total. The minimum atomic E-state index is -3.72. The van der Waals surface area contributed by atoms with E-state index in [9.17, 15) is 18.0 Å². The van der Waals surface area contributed by atoms with E-state index in [1.54, 1.807) is 32.9 Å². The van der Waals surface area contributed by atoms with E-state index in [2.05, 4.69) is 10.6 Å². The average molecular weight is 400 g/mol. The van der Waals surface area contributed by atoms with Crippen molar-refractivity contribution in [1.29, 1.82) is 0 Å². The molecule has 27 heavy (non-hydrogen) atoms. The third kappa shape index (κ3) is 8.40. The largest absolute Gasteiger partial charge is 0.444 e. The van der Waals surface area contributed by atoms with E-state index in [-0.39, 0.29) is 16.7 Å². The van der Waals surface area contributed by atoms with Gasteiger partial charge in [0.25, 0.3) is 0 Å². The van der Waals surface area contributed by atoms with Gasteiger partial charge in [-0.2, -0.15) is 0 Å². The first-order valence-electron chi connectivity index (χ1n) is 8.68. The third-order valence-electron chi connectivity index (χ3n) is 3.59. The van der Waals surface area contributed by atoms with E-state index in [0.29, 0.717) is 13.0 Å². The molecule has 0 saturated carbocycles. The highest BCUT2D eigenvalue weighted by molar-refractivity contribution is 7.89. The molecule has 0 bridgehead atoms. The fourth-order valence-corrected chi connectivity index (χ4v) is 2.77. The van der Waals surface area contributed by atoms with Crippen LogP contribution in [0.4, 0.5) is 4.79 Å². The molecule has 0 aliphatic heterocycles. The van der Waals surface area contributed by atoms with Gasteiger partial charge in [0, 0.05) is 6.54 Å². The van der Waals surface area contributed by atoms with Gasteiger partial charge in [-0.25, -0.2) is 18.4 Å². The molecule has 0 radical (unpaired) electrons. The van der Waals surface area contributed by atoms with Crippen LogP contribution in [-0.2, 0) is 26.0 Å². The summed E-state index contributed by atoms with van der Waals surface area (Å²) in [6.07, 6.45) is -0.136. The van der Waals surface area contributed by atoms with Crippen molar-refractivity contribution in [1.82, 2.24) is 10.6 Å². The van der Waals surface area contributed by atoms with Crippen molar-refractivity contribution < 1.29 is 22.7 Å². The number of sulfonamides is 1. The Morgan fingerprint density at radius 1 is 1.15 bits per heavy atom. The summed E-state index contributed by atoms with van der Waals surface area (Å²) >= 11 is 0. The molecule has 1 rings (SSSR count). The Morgan fingerprint density at radius 2 is 1.70 bits per heavy atom. The van der Waals surface area contributed by atoms with Crippen LogP contribution in [0.5, 0.6) is 0 Å². The number of amides is 2. The highest BCUT2D eigenvalue weighted by atomic mass is 32.2. The van der Waals surface area contributed by atoms with Crippen molar-refractivity contribution in [2.45, 2.75) is 57.6 Å². The lowest BCUT2D eigenvalue weighted by Gasteiger charge is -2.25. The second-order valence-electron chi connectivity index (χ2n) is 7.60. The minimum Gasteiger partial charge on any atom is -0.444 e. The van der Waals surface area contributed by atoms with Gasteiger partial charge in [0.15, 0.2) is 0 Å². The average Bonchev–Trinajstić information content (AvgIpc) is 2.50. The second kappa shape index (κ2) is 9.18. The maximum absolute atomic E-state index is 12.4. The number of hydrogen-bond donors (Lipinski definition) is 3.